The van der Waals surface area contributed by atoms with Crippen LogP contribution in [0.5, 0.6) is 0 Å². The molecule has 1 N–H and O–H groups in total. The first kappa shape index (κ1) is 15.0. The molecule has 0 unspecified atom stereocenters. The quantitative estimate of drug-likeness (QED) is 0.836. The first-order valence-corrected chi connectivity index (χ1v) is 7.56. The Morgan fingerprint density at radius 2 is 2.00 bits per heavy atom. The van der Waals surface area contributed by atoms with Gasteiger partial charge in [0, 0.05) is 0 Å². The summed E-state index contributed by atoms with van der Waals surface area (Å²) in [4.78, 5) is 2.49. The SMILES string of the molecule is CNCCCN1CCC(C#N)(c2ccccc2C)CC1. The molecule has 108 valence electrons. The van der Waals surface area contributed by atoms with Gasteiger partial charge in [0.1, 0.15) is 0 Å². The Kier molecular flexibility index (Phi) is 5.17. The summed E-state index contributed by atoms with van der Waals surface area (Å²) in [5, 5.41) is 12.9. The molecule has 0 saturated carbocycles. The molecule has 1 aromatic carbocycles. The van der Waals surface area contributed by atoms with Gasteiger partial charge in [-0.15, -0.1) is 0 Å². The van der Waals surface area contributed by atoms with E-state index >= 15 is 0 Å². The molecule has 1 heterocycles. The topological polar surface area (TPSA) is 39.1 Å². The molecule has 3 heteroatoms. The lowest BCUT2D eigenvalue weighted by molar-refractivity contribution is 0.184. The van der Waals surface area contributed by atoms with Crippen molar-refractivity contribution in [1.82, 2.24) is 10.2 Å². The second-order valence-corrected chi connectivity index (χ2v) is 5.81. The van der Waals surface area contributed by atoms with E-state index in [1.165, 1.54) is 17.5 Å². The van der Waals surface area contributed by atoms with Gasteiger partial charge in [0.15, 0.2) is 0 Å². The van der Waals surface area contributed by atoms with Crippen LogP contribution < -0.4 is 5.32 Å². The molecule has 2 rings (SSSR count). The zero-order valence-electron chi connectivity index (χ0n) is 12.7. The Morgan fingerprint density at radius 1 is 1.30 bits per heavy atom. The number of benzene rings is 1. The zero-order valence-corrected chi connectivity index (χ0v) is 12.7. The summed E-state index contributed by atoms with van der Waals surface area (Å²) in [6.07, 6.45) is 3.09. The van der Waals surface area contributed by atoms with Crippen molar-refractivity contribution in [3.63, 3.8) is 0 Å². The second-order valence-electron chi connectivity index (χ2n) is 5.81. The monoisotopic (exact) mass is 271 g/mol. The van der Waals surface area contributed by atoms with E-state index in [9.17, 15) is 5.26 Å². The molecule has 0 aliphatic carbocycles. The molecule has 0 radical (unpaired) electrons. The van der Waals surface area contributed by atoms with Crippen molar-refractivity contribution in [2.45, 2.75) is 31.6 Å². The summed E-state index contributed by atoms with van der Waals surface area (Å²) in [5.41, 5.74) is 2.21. The van der Waals surface area contributed by atoms with Crippen molar-refractivity contribution in [3.05, 3.63) is 35.4 Å². The Bertz CT molecular complexity index is 467. The van der Waals surface area contributed by atoms with Crippen LogP contribution >= 0.6 is 0 Å². The van der Waals surface area contributed by atoms with E-state index in [-0.39, 0.29) is 5.41 Å². The van der Waals surface area contributed by atoms with Crippen LogP contribution in [-0.4, -0.2) is 38.1 Å². The van der Waals surface area contributed by atoms with E-state index in [1.807, 2.05) is 7.05 Å². The summed E-state index contributed by atoms with van der Waals surface area (Å²) in [6, 6.07) is 11.0. The van der Waals surface area contributed by atoms with Gasteiger partial charge >= 0.3 is 0 Å². The number of piperidine rings is 1. The maximum atomic E-state index is 9.74. The normalized spacial score (nSPS) is 18.6. The highest BCUT2D eigenvalue weighted by Crippen LogP contribution is 2.36. The molecular weight excluding hydrogens is 246 g/mol. The third-order valence-electron chi connectivity index (χ3n) is 4.49. The molecule has 0 atom stereocenters. The van der Waals surface area contributed by atoms with E-state index in [4.69, 9.17) is 0 Å². The van der Waals surface area contributed by atoms with Crippen LogP contribution in [0.25, 0.3) is 0 Å². The van der Waals surface area contributed by atoms with Crippen molar-refractivity contribution in [2.75, 3.05) is 33.2 Å². The summed E-state index contributed by atoms with van der Waals surface area (Å²) in [7, 11) is 2.00. The summed E-state index contributed by atoms with van der Waals surface area (Å²) in [6.45, 7) is 6.39. The first-order chi connectivity index (χ1) is 9.72. The first-order valence-electron chi connectivity index (χ1n) is 7.56. The van der Waals surface area contributed by atoms with Crippen LogP contribution in [0.3, 0.4) is 0 Å². The van der Waals surface area contributed by atoms with Gasteiger partial charge in [-0.2, -0.15) is 5.26 Å². The number of nitrogens with one attached hydrogen (secondary N) is 1. The van der Waals surface area contributed by atoms with Crippen LogP contribution in [-0.2, 0) is 5.41 Å². The number of likely N-dealkylation sites (tertiary alicyclic amines) is 1. The van der Waals surface area contributed by atoms with Crippen molar-refractivity contribution in [1.29, 1.82) is 5.26 Å². The van der Waals surface area contributed by atoms with Crippen molar-refractivity contribution in [2.24, 2.45) is 0 Å². The average molecular weight is 271 g/mol. The summed E-state index contributed by atoms with van der Waals surface area (Å²) >= 11 is 0. The Hall–Kier alpha value is -1.37. The number of hydrogen-bond acceptors (Lipinski definition) is 3. The third kappa shape index (κ3) is 3.20. The molecule has 1 aliphatic rings. The molecule has 1 fully saturated rings. The molecule has 3 nitrogen and oxygen atoms in total. The van der Waals surface area contributed by atoms with Crippen molar-refractivity contribution in [3.8, 4) is 6.07 Å². The maximum absolute atomic E-state index is 9.74. The summed E-state index contributed by atoms with van der Waals surface area (Å²) < 4.78 is 0. The van der Waals surface area contributed by atoms with Crippen molar-refractivity contribution < 1.29 is 0 Å². The lowest BCUT2D eigenvalue weighted by Crippen LogP contribution is -2.42. The number of nitrogens with zero attached hydrogens (tertiary/aromatic N) is 2. The van der Waals surface area contributed by atoms with E-state index in [0.717, 1.165) is 39.0 Å². The number of aryl methyl sites for hydroxylation is 1. The van der Waals surface area contributed by atoms with E-state index in [0.29, 0.717) is 0 Å². The highest BCUT2D eigenvalue weighted by Gasteiger charge is 2.37. The number of rotatable bonds is 5. The molecule has 1 aliphatic heterocycles. The molecule has 1 saturated heterocycles. The lowest BCUT2D eigenvalue weighted by atomic mass is 9.72. The van der Waals surface area contributed by atoms with Crippen LogP contribution in [0.15, 0.2) is 24.3 Å². The van der Waals surface area contributed by atoms with E-state index in [2.05, 4.69) is 47.5 Å². The van der Waals surface area contributed by atoms with Gasteiger partial charge in [-0.3, -0.25) is 0 Å². The van der Waals surface area contributed by atoms with Crippen LogP contribution in [0, 0.1) is 18.3 Å². The van der Waals surface area contributed by atoms with Gasteiger partial charge in [0.2, 0.25) is 0 Å². The standard InChI is InChI=1S/C17H25N3/c1-15-6-3-4-7-16(15)17(14-18)8-12-20(13-9-17)11-5-10-19-2/h3-4,6-7,19H,5,8-13H2,1-2H3. The highest BCUT2D eigenvalue weighted by atomic mass is 15.1. The Balaban J connectivity index is 2.02. The smallest absolute Gasteiger partial charge is 0.0849 e. The minimum Gasteiger partial charge on any atom is -0.320 e. The minimum atomic E-state index is -0.273. The second kappa shape index (κ2) is 6.88. The Labute approximate surface area is 122 Å². The van der Waals surface area contributed by atoms with Crippen LogP contribution in [0.2, 0.25) is 0 Å². The molecule has 20 heavy (non-hydrogen) atoms. The van der Waals surface area contributed by atoms with Gasteiger partial charge in [-0.1, -0.05) is 24.3 Å². The molecule has 0 amide bonds. The average Bonchev–Trinajstić information content (AvgIpc) is 2.49. The van der Waals surface area contributed by atoms with Crippen LogP contribution in [0.4, 0.5) is 0 Å². The maximum Gasteiger partial charge on any atom is 0.0849 e. The molecule has 0 spiro atoms. The van der Waals surface area contributed by atoms with Crippen LogP contribution in [0.1, 0.15) is 30.4 Å². The summed E-state index contributed by atoms with van der Waals surface area (Å²) in [5.74, 6) is 0. The third-order valence-corrected chi connectivity index (χ3v) is 4.49. The van der Waals surface area contributed by atoms with E-state index < -0.39 is 0 Å². The van der Waals surface area contributed by atoms with E-state index in [1.54, 1.807) is 0 Å². The fourth-order valence-electron chi connectivity index (χ4n) is 3.19. The number of hydrogen-bond donors (Lipinski definition) is 1. The molecule has 0 aromatic heterocycles. The van der Waals surface area contributed by atoms with Gasteiger partial charge in [-0.05, 0) is 70.5 Å². The molecule has 0 bridgehead atoms. The predicted molar refractivity (Wildman–Crippen MR) is 82.7 cm³/mol. The molecule has 1 aromatic rings. The fraction of sp³-hybridized carbons (Fsp3) is 0.588. The fourth-order valence-corrected chi connectivity index (χ4v) is 3.19. The van der Waals surface area contributed by atoms with Gasteiger partial charge < -0.3 is 10.2 Å². The van der Waals surface area contributed by atoms with Gasteiger partial charge in [0.05, 0.1) is 11.5 Å². The lowest BCUT2D eigenvalue weighted by Gasteiger charge is -2.38. The number of nitriles is 1. The highest BCUT2D eigenvalue weighted by molar-refractivity contribution is 5.39. The zero-order chi connectivity index (χ0) is 14.4. The van der Waals surface area contributed by atoms with Crippen molar-refractivity contribution >= 4 is 0 Å². The minimum absolute atomic E-state index is 0.273. The molecular formula is C17H25N3. The largest absolute Gasteiger partial charge is 0.320 e. The van der Waals surface area contributed by atoms with Gasteiger partial charge in [-0.25, -0.2) is 0 Å². The Morgan fingerprint density at radius 3 is 2.60 bits per heavy atom. The van der Waals surface area contributed by atoms with Gasteiger partial charge in [0.25, 0.3) is 0 Å². The predicted octanol–water partition coefficient (Wildman–Crippen LogP) is 2.46.